The molecule has 2 amide bonds. The number of aromatic nitrogens is 1. The monoisotopic (exact) mass is 303 g/mol. The van der Waals surface area contributed by atoms with Crippen LogP contribution in [0.1, 0.15) is 23.8 Å². The number of hydrazine groups is 1. The lowest BCUT2D eigenvalue weighted by molar-refractivity contribution is -0.126. The molecule has 0 saturated carbocycles. The Morgan fingerprint density at radius 3 is 2.82 bits per heavy atom. The topological polar surface area (TPSA) is 83.2 Å². The molecule has 0 fully saturated rings. The van der Waals surface area contributed by atoms with E-state index in [9.17, 15) is 9.59 Å². The molecule has 1 aromatic rings. The zero-order valence-corrected chi connectivity index (χ0v) is 11.0. The first kappa shape index (κ1) is 13.7. The average molecular weight is 304 g/mol. The van der Waals surface area contributed by atoms with Crippen molar-refractivity contribution in [2.75, 3.05) is 13.2 Å². The fourth-order valence-corrected chi connectivity index (χ4v) is 1.38. The lowest BCUT2D eigenvalue weighted by Gasteiger charge is -2.06. The van der Waals surface area contributed by atoms with Crippen molar-refractivity contribution in [3.8, 4) is 0 Å². The molecule has 0 spiro atoms. The van der Waals surface area contributed by atoms with Crippen LogP contribution >= 0.6 is 15.9 Å². The standard InChI is InChI=1S/C10H14BrN3O3/c1-2-3-17-6-9(15)13-14-10(16)8-4-7(11)5-12-8/h4-5,12H,2-3,6H2,1H3,(H,13,15)(H,14,16). The summed E-state index contributed by atoms with van der Waals surface area (Å²) in [6.07, 6.45) is 2.47. The van der Waals surface area contributed by atoms with Gasteiger partial charge in [-0.15, -0.1) is 0 Å². The van der Waals surface area contributed by atoms with E-state index in [2.05, 4.69) is 31.8 Å². The predicted molar refractivity (Wildman–Crippen MR) is 65.2 cm³/mol. The molecule has 0 saturated heterocycles. The van der Waals surface area contributed by atoms with Crippen molar-refractivity contribution in [1.29, 1.82) is 0 Å². The van der Waals surface area contributed by atoms with Crippen molar-refractivity contribution >= 4 is 27.7 Å². The smallest absolute Gasteiger partial charge is 0.286 e. The van der Waals surface area contributed by atoms with Crippen LogP contribution in [0.5, 0.6) is 0 Å². The van der Waals surface area contributed by atoms with Crippen LogP contribution in [0.4, 0.5) is 0 Å². The highest BCUT2D eigenvalue weighted by atomic mass is 79.9. The van der Waals surface area contributed by atoms with E-state index in [1.165, 1.54) is 0 Å². The average Bonchev–Trinajstić information content (AvgIpc) is 2.73. The van der Waals surface area contributed by atoms with Crippen LogP contribution in [-0.2, 0) is 9.53 Å². The first-order valence-corrected chi connectivity index (χ1v) is 5.93. The maximum Gasteiger partial charge on any atom is 0.286 e. The Morgan fingerprint density at radius 1 is 1.47 bits per heavy atom. The Balaban J connectivity index is 2.26. The van der Waals surface area contributed by atoms with Crippen molar-refractivity contribution in [3.05, 3.63) is 22.4 Å². The van der Waals surface area contributed by atoms with Crippen molar-refractivity contribution < 1.29 is 14.3 Å². The number of H-pyrrole nitrogens is 1. The molecule has 94 valence electrons. The molecule has 3 N–H and O–H groups in total. The largest absolute Gasteiger partial charge is 0.372 e. The molecule has 6 nitrogen and oxygen atoms in total. The highest BCUT2D eigenvalue weighted by Gasteiger charge is 2.08. The van der Waals surface area contributed by atoms with E-state index in [0.717, 1.165) is 10.9 Å². The lowest BCUT2D eigenvalue weighted by Crippen LogP contribution is -2.43. The van der Waals surface area contributed by atoms with Crippen molar-refractivity contribution in [1.82, 2.24) is 15.8 Å². The van der Waals surface area contributed by atoms with Gasteiger partial charge in [0.2, 0.25) is 0 Å². The molecule has 1 rings (SSSR count). The Kier molecular flexibility index (Phi) is 5.71. The van der Waals surface area contributed by atoms with Gasteiger partial charge in [-0.25, -0.2) is 0 Å². The van der Waals surface area contributed by atoms with Gasteiger partial charge in [0.1, 0.15) is 12.3 Å². The number of halogens is 1. The third-order valence-corrected chi connectivity index (χ3v) is 2.25. The van der Waals surface area contributed by atoms with Gasteiger partial charge in [0.15, 0.2) is 0 Å². The highest BCUT2D eigenvalue weighted by Crippen LogP contribution is 2.09. The number of rotatable bonds is 5. The lowest BCUT2D eigenvalue weighted by atomic mass is 10.4. The highest BCUT2D eigenvalue weighted by molar-refractivity contribution is 9.10. The summed E-state index contributed by atoms with van der Waals surface area (Å²) in [4.78, 5) is 25.4. The second kappa shape index (κ2) is 7.08. The van der Waals surface area contributed by atoms with Crippen LogP contribution in [0.3, 0.4) is 0 Å². The van der Waals surface area contributed by atoms with Gasteiger partial charge in [0.05, 0.1) is 0 Å². The minimum Gasteiger partial charge on any atom is -0.372 e. The molecule has 0 radical (unpaired) electrons. The molecule has 0 aliphatic rings. The molecule has 0 aromatic carbocycles. The fraction of sp³-hybridized carbons (Fsp3) is 0.400. The minimum atomic E-state index is -0.417. The molecule has 1 heterocycles. The Morgan fingerprint density at radius 2 is 2.24 bits per heavy atom. The third-order valence-electron chi connectivity index (χ3n) is 1.79. The second-order valence-corrected chi connectivity index (χ2v) is 4.20. The third kappa shape index (κ3) is 5.01. The fourth-order valence-electron chi connectivity index (χ4n) is 1.04. The summed E-state index contributed by atoms with van der Waals surface area (Å²) >= 11 is 3.20. The van der Waals surface area contributed by atoms with Crippen LogP contribution in [-0.4, -0.2) is 30.0 Å². The molecule has 1 aromatic heterocycles. The maximum absolute atomic E-state index is 11.5. The molecule has 0 aliphatic carbocycles. The molecule has 0 unspecified atom stereocenters. The molecule has 17 heavy (non-hydrogen) atoms. The summed E-state index contributed by atoms with van der Waals surface area (Å²) in [5.41, 5.74) is 4.87. The summed E-state index contributed by atoms with van der Waals surface area (Å²) < 4.78 is 5.77. The number of ether oxygens (including phenoxy) is 1. The van der Waals surface area contributed by atoms with E-state index in [1.54, 1.807) is 12.3 Å². The summed E-state index contributed by atoms with van der Waals surface area (Å²) in [6, 6.07) is 1.61. The predicted octanol–water partition coefficient (Wildman–Crippen LogP) is 0.965. The van der Waals surface area contributed by atoms with Gasteiger partial charge in [-0.1, -0.05) is 6.92 Å². The number of hydrogen-bond donors (Lipinski definition) is 3. The van der Waals surface area contributed by atoms with E-state index >= 15 is 0 Å². The summed E-state index contributed by atoms with van der Waals surface area (Å²) in [5, 5.41) is 0. The van der Waals surface area contributed by atoms with E-state index in [0.29, 0.717) is 12.3 Å². The molecule has 0 bridgehead atoms. The van der Waals surface area contributed by atoms with E-state index < -0.39 is 11.8 Å². The van der Waals surface area contributed by atoms with Gasteiger partial charge in [0.25, 0.3) is 11.8 Å². The Labute approximate surface area is 107 Å². The van der Waals surface area contributed by atoms with Gasteiger partial charge in [-0.2, -0.15) is 0 Å². The van der Waals surface area contributed by atoms with Crippen LogP contribution in [0.25, 0.3) is 0 Å². The quantitative estimate of drug-likeness (QED) is 0.560. The summed E-state index contributed by atoms with van der Waals surface area (Å²) in [6.45, 7) is 2.40. The number of aromatic amines is 1. The van der Waals surface area contributed by atoms with Crippen LogP contribution in [0, 0.1) is 0 Å². The van der Waals surface area contributed by atoms with Crippen molar-refractivity contribution in [2.45, 2.75) is 13.3 Å². The SMILES string of the molecule is CCCOCC(=O)NNC(=O)c1cc(Br)c[nH]1. The van der Waals surface area contributed by atoms with Gasteiger partial charge in [0, 0.05) is 17.3 Å². The Bertz CT molecular complexity index is 392. The molecule has 0 atom stereocenters. The van der Waals surface area contributed by atoms with Gasteiger partial charge < -0.3 is 9.72 Å². The second-order valence-electron chi connectivity index (χ2n) is 3.29. The van der Waals surface area contributed by atoms with Crippen LogP contribution < -0.4 is 10.9 Å². The van der Waals surface area contributed by atoms with Gasteiger partial charge in [-0.3, -0.25) is 20.4 Å². The minimum absolute atomic E-state index is 0.0669. The van der Waals surface area contributed by atoms with Gasteiger partial charge >= 0.3 is 0 Å². The zero-order valence-electron chi connectivity index (χ0n) is 9.38. The molecule has 7 heteroatoms. The first-order chi connectivity index (χ1) is 8.13. The summed E-state index contributed by atoms with van der Waals surface area (Å²) in [5.74, 6) is -0.808. The number of amides is 2. The van der Waals surface area contributed by atoms with Crippen molar-refractivity contribution in [3.63, 3.8) is 0 Å². The maximum atomic E-state index is 11.5. The normalized spacial score (nSPS) is 10.0. The molecular weight excluding hydrogens is 290 g/mol. The number of hydrogen-bond acceptors (Lipinski definition) is 3. The number of carbonyl (C=O) groups is 2. The van der Waals surface area contributed by atoms with Crippen LogP contribution in [0.2, 0.25) is 0 Å². The zero-order chi connectivity index (χ0) is 12.7. The molecular formula is C10H14BrN3O3. The summed E-state index contributed by atoms with van der Waals surface area (Å²) in [7, 11) is 0. The molecule has 0 aliphatic heterocycles. The van der Waals surface area contributed by atoms with E-state index in [4.69, 9.17) is 4.74 Å². The van der Waals surface area contributed by atoms with Crippen molar-refractivity contribution in [2.24, 2.45) is 0 Å². The Hall–Kier alpha value is -1.34. The van der Waals surface area contributed by atoms with Crippen LogP contribution in [0.15, 0.2) is 16.7 Å². The number of carbonyl (C=O) groups excluding carboxylic acids is 2. The first-order valence-electron chi connectivity index (χ1n) is 5.14. The number of nitrogens with one attached hydrogen (secondary N) is 3. The van der Waals surface area contributed by atoms with E-state index in [1.807, 2.05) is 6.92 Å². The van der Waals surface area contributed by atoms with E-state index in [-0.39, 0.29) is 6.61 Å². The van der Waals surface area contributed by atoms with Gasteiger partial charge in [-0.05, 0) is 28.4 Å².